The first-order valence-electron chi connectivity index (χ1n) is 3.75. The molecule has 0 amide bonds. The summed E-state index contributed by atoms with van der Waals surface area (Å²) in [5.74, 6) is 0. The molecule has 1 atom stereocenters. The molecule has 0 aliphatic carbocycles. The lowest BCUT2D eigenvalue weighted by molar-refractivity contribution is 0.424. The van der Waals surface area contributed by atoms with E-state index in [-0.39, 0.29) is 6.67 Å². The van der Waals surface area contributed by atoms with Crippen molar-refractivity contribution < 1.29 is 4.39 Å². The topological polar surface area (TPSA) is 12.0 Å². The highest BCUT2D eigenvalue weighted by Crippen LogP contribution is 1.96. The van der Waals surface area contributed by atoms with E-state index in [9.17, 15) is 4.39 Å². The van der Waals surface area contributed by atoms with Crippen molar-refractivity contribution in [2.45, 2.75) is 25.8 Å². The van der Waals surface area contributed by atoms with E-state index < -0.39 is 0 Å². The molecule has 0 aromatic carbocycles. The quantitative estimate of drug-likeness (QED) is 0.563. The van der Waals surface area contributed by atoms with Crippen molar-refractivity contribution >= 4 is 0 Å². The summed E-state index contributed by atoms with van der Waals surface area (Å²) in [6.07, 6.45) is 3.82. The Morgan fingerprint density at radius 2 is 2.40 bits per heavy atom. The van der Waals surface area contributed by atoms with Crippen LogP contribution in [-0.4, -0.2) is 19.3 Å². The zero-order chi connectivity index (χ0) is 7.82. The van der Waals surface area contributed by atoms with Gasteiger partial charge in [0.2, 0.25) is 0 Å². The van der Waals surface area contributed by atoms with Gasteiger partial charge in [-0.25, -0.2) is 4.39 Å². The molecule has 0 heterocycles. The predicted octanol–water partition coefficient (Wildman–Crippen LogP) is 1.90. The van der Waals surface area contributed by atoms with Crippen LogP contribution in [0.2, 0.25) is 0 Å². The Morgan fingerprint density at radius 3 is 2.80 bits per heavy atom. The van der Waals surface area contributed by atoms with Crippen LogP contribution >= 0.6 is 0 Å². The minimum Gasteiger partial charge on any atom is -0.311 e. The number of halogens is 1. The van der Waals surface area contributed by atoms with Crippen molar-refractivity contribution in [1.29, 1.82) is 0 Å². The molecule has 0 rings (SSSR count). The molecule has 0 spiro atoms. The summed E-state index contributed by atoms with van der Waals surface area (Å²) >= 11 is 0. The van der Waals surface area contributed by atoms with Gasteiger partial charge in [0.1, 0.15) is 6.67 Å². The number of hydrogen-bond donors (Lipinski definition) is 1. The molecule has 0 saturated heterocycles. The molecule has 0 aromatic heterocycles. The molecule has 10 heavy (non-hydrogen) atoms. The van der Waals surface area contributed by atoms with Gasteiger partial charge in [0, 0.05) is 12.6 Å². The van der Waals surface area contributed by atoms with Crippen LogP contribution in [0.5, 0.6) is 0 Å². The van der Waals surface area contributed by atoms with Crippen molar-refractivity contribution in [1.82, 2.24) is 5.32 Å². The van der Waals surface area contributed by atoms with Gasteiger partial charge in [0.25, 0.3) is 0 Å². The third-order valence-corrected chi connectivity index (χ3v) is 1.47. The second-order valence-corrected chi connectivity index (χ2v) is 2.27. The highest BCUT2D eigenvalue weighted by molar-refractivity contribution is 4.76. The van der Waals surface area contributed by atoms with Crippen LogP contribution in [0.1, 0.15) is 19.8 Å². The van der Waals surface area contributed by atoms with Gasteiger partial charge in [-0.05, 0) is 12.8 Å². The fourth-order valence-corrected chi connectivity index (χ4v) is 0.854. The van der Waals surface area contributed by atoms with Gasteiger partial charge in [0.15, 0.2) is 0 Å². The van der Waals surface area contributed by atoms with Gasteiger partial charge in [-0.15, -0.1) is 6.58 Å². The molecule has 0 aliphatic rings. The summed E-state index contributed by atoms with van der Waals surface area (Å²) in [7, 11) is 0. The minimum atomic E-state index is -0.284. The summed E-state index contributed by atoms with van der Waals surface area (Å²) in [5.41, 5.74) is 0. The predicted molar refractivity (Wildman–Crippen MR) is 42.9 cm³/mol. The summed E-state index contributed by atoms with van der Waals surface area (Å²) in [6, 6.07) is 0.410. The molecule has 2 heteroatoms. The van der Waals surface area contributed by atoms with Gasteiger partial charge in [0.05, 0.1) is 0 Å². The maximum Gasteiger partial charge on any atom is 0.102 e. The molecule has 0 radical (unpaired) electrons. The van der Waals surface area contributed by atoms with Crippen molar-refractivity contribution in [2.75, 3.05) is 13.2 Å². The third-order valence-electron chi connectivity index (χ3n) is 1.47. The van der Waals surface area contributed by atoms with Gasteiger partial charge >= 0.3 is 0 Å². The Bertz CT molecular complexity index is 83.3. The van der Waals surface area contributed by atoms with Crippen LogP contribution in [0.4, 0.5) is 4.39 Å². The lowest BCUT2D eigenvalue weighted by atomic mass is 10.1. The van der Waals surface area contributed by atoms with Crippen LogP contribution in [0.3, 0.4) is 0 Å². The normalized spacial score (nSPS) is 13.0. The smallest absolute Gasteiger partial charge is 0.102 e. The summed E-state index contributed by atoms with van der Waals surface area (Å²) < 4.78 is 11.6. The fourth-order valence-electron chi connectivity index (χ4n) is 0.854. The van der Waals surface area contributed by atoms with E-state index in [0.717, 1.165) is 12.8 Å². The van der Waals surface area contributed by atoms with Crippen LogP contribution in [0, 0.1) is 0 Å². The Labute approximate surface area is 62.3 Å². The molecule has 1 nitrogen and oxygen atoms in total. The molecule has 0 aliphatic heterocycles. The Kier molecular flexibility index (Phi) is 6.50. The minimum absolute atomic E-state index is 0.284. The highest BCUT2D eigenvalue weighted by Gasteiger charge is 2.00. The van der Waals surface area contributed by atoms with Crippen LogP contribution in [0.15, 0.2) is 12.7 Å². The zero-order valence-corrected chi connectivity index (χ0v) is 6.57. The van der Waals surface area contributed by atoms with E-state index in [1.807, 2.05) is 6.08 Å². The first-order valence-corrected chi connectivity index (χ1v) is 3.75. The van der Waals surface area contributed by atoms with Crippen LogP contribution in [0.25, 0.3) is 0 Å². The zero-order valence-electron chi connectivity index (χ0n) is 6.57. The molecule has 0 bridgehead atoms. The average Bonchev–Trinajstić information content (AvgIpc) is 1.98. The Morgan fingerprint density at radius 1 is 1.70 bits per heavy atom. The van der Waals surface area contributed by atoms with Crippen LogP contribution in [-0.2, 0) is 0 Å². The van der Waals surface area contributed by atoms with Crippen molar-refractivity contribution in [3.05, 3.63) is 12.7 Å². The Balaban J connectivity index is 3.29. The molecule has 60 valence electrons. The van der Waals surface area contributed by atoms with Crippen molar-refractivity contribution in [3.8, 4) is 0 Å². The van der Waals surface area contributed by atoms with E-state index in [1.54, 1.807) is 0 Å². The fraction of sp³-hybridized carbons (Fsp3) is 0.750. The highest BCUT2D eigenvalue weighted by atomic mass is 19.1. The second kappa shape index (κ2) is 6.75. The molecule has 0 saturated carbocycles. The number of rotatable bonds is 6. The second-order valence-electron chi connectivity index (χ2n) is 2.27. The van der Waals surface area contributed by atoms with Crippen molar-refractivity contribution in [2.24, 2.45) is 0 Å². The van der Waals surface area contributed by atoms with E-state index in [0.29, 0.717) is 12.6 Å². The van der Waals surface area contributed by atoms with Gasteiger partial charge in [-0.3, -0.25) is 0 Å². The maximum absolute atomic E-state index is 11.6. The standard InChI is InChI=1S/C8H16FN/c1-3-5-8(4-2)10-7-6-9/h3,8,10H,1,4-7H2,2H3. The van der Waals surface area contributed by atoms with Gasteiger partial charge in [-0.1, -0.05) is 13.0 Å². The molecule has 0 aromatic rings. The summed E-state index contributed by atoms with van der Waals surface area (Å²) in [4.78, 5) is 0. The van der Waals surface area contributed by atoms with E-state index in [1.165, 1.54) is 0 Å². The SMILES string of the molecule is C=CCC(CC)NCCF. The Hall–Kier alpha value is -0.370. The molecule has 1 N–H and O–H groups in total. The number of hydrogen-bond acceptors (Lipinski definition) is 1. The third kappa shape index (κ3) is 4.50. The molecular formula is C8H16FN. The lowest BCUT2D eigenvalue weighted by Crippen LogP contribution is -2.29. The molecular weight excluding hydrogens is 129 g/mol. The lowest BCUT2D eigenvalue weighted by Gasteiger charge is -2.12. The average molecular weight is 145 g/mol. The first-order chi connectivity index (χ1) is 4.85. The summed E-state index contributed by atoms with van der Waals surface area (Å²) in [6.45, 7) is 5.89. The van der Waals surface area contributed by atoms with Crippen LogP contribution < -0.4 is 5.32 Å². The number of nitrogens with one attached hydrogen (secondary N) is 1. The maximum atomic E-state index is 11.6. The number of alkyl halides is 1. The van der Waals surface area contributed by atoms with Crippen molar-refractivity contribution in [3.63, 3.8) is 0 Å². The van der Waals surface area contributed by atoms with Gasteiger partial charge < -0.3 is 5.32 Å². The summed E-state index contributed by atoms with van der Waals surface area (Å²) in [5, 5.41) is 3.07. The van der Waals surface area contributed by atoms with E-state index in [4.69, 9.17) is 0 Å². The molecule has 1 unspecified atom stereocenters. The van der Waals surface area contributed by atoms with E-state index >= 15 is 0 Å². The van der Waals surface area contributed by atoms with Gasteiger partial charge in [-0.2, -0.15) is 0 Å². The van der Waals surface area contributed by atoms with E-state index in [2.05, 4.69) is 18.8 Å². The largest absolute Gasteiger partial charge is 0.311 e. The monoisotopic (exact) mass is 145 g/mol. The molecule has 0 fully saturated rings. The first kappa shape index (κ1) is 9.63.